The molecule has 0 saturated carbocycles. The minimum atomic E-state index is -0.459. The maximum atomic E-state index is 11.0. The van der Waals surface area contributed by atoms with Crippen molar-refractivity contribution in [1.29, 1.82) is 0 Å². The molecule has 2 nitrogen and oxygen atoms in total. The molecule has 2 heteroatoms. The molecule has 0 aromatic heterocycles. The average Bonchev–Trinajstić information content (AvgIpc) is 2.53. The highest BCUT2D eigenvalue weighted by Crippen LogP contribution is 2.37. The zero-order chi connectivity index (χ0) is 9.95. The second-order valence-corrected chi connectivity index (χ2v) is 4.83. The van der Waals surface area contributed by atoms with Crippen molar-refractivity contribution in [3.8, 4) is 0 Å². The number of aldehydes is 1. The van der Waals surface area contributed by atoms with Crippen LogP contribution in [-0.2, 0) is 9.53 Å². The van der Waals surface area contributed by atoms with Crippen molar-refractivity contribution < 1.29 is 9.53 Å². The third-order valence-electron chi connectivity index (χ3n) is 3.08. The van der Waals surface area contributed by atoms with Crippen LogP contribution in [-0.4, -0.2) is 18.5 Å². The molecule has 76 valence electrons. The topological polar surface area (TPSA) is 26.3 Å². The fourth-order valence-electron chi connectivity index (χ4n) is 1.93. The molecule has 1 saturated heterocycles. The molecule has 0 N–H and O–H groups in total. The molecule has 1 heterocycles. The van der Waals surface area contributed by atoms with Gasteiger partial charge in [0.25, 0.3) is 0 Å². The Labute approximate surface area is 80.7 Å². The van der Waals surface area contributed by atoms with Gasteiger partial charge in [-0.3, -0.25) is 0 Å². The lowest BCUT2D eigenvalue weighted by molar-refractivity contribution is -0.129. The maximum absolute atomic E-state index is 11.0. The Kier molecular flexibility index (Phi) is 3.12. The van der Waals surface area contributed by atoms with E-state index in [0.29, 0.717) is 0 Å². The molecular formula is C11H20O2. The molecule has 1 unspecified atom stereocenters. The molecular weight excluding hydrogens is 164 g/mol. The first-order valence-corrected chi connectivity index (χ1v) is 5.14. The number of rotatable bonds is 4. The van der Waals surface area contributed by atoms with Crippen molar-refractivity contribution in [2.24, 2.45) is 5.41 Å². The summed E-state index contributed by atoms with van der Waals surface area (Å²) in [5.41, 5.74) is -0.245. The molecule has 0 aliphatic carbocycles. The first-order chi connectivity index (χ1) is 6.04. The normalized spacial score (nSPS) is 29.2. The minimum absolute atomic E-state index is 0.214. The number of carbonyl (C=O) groups is 1. The van der Waals surface area contributed by atoms with Crippen molar-refractivity contribution in [3.63, 3.8) is 0 Å². The number of hydrogen-bond donors (Lipinski definition) is 0. The monoisotopic (exact) mass is 184 g/mol. The van der Waals surface area contributed by atoms with Gasteiger partial charge in [-0.2, -0.15) is 0 Å². The highest BCUT2D eigenvalue weighted by atomic mass is 16.5. The lowest BCUT2D eigenvalue weighted by Crippen LogP contribution is -2.35. The summed E-state index contributed by atoms with van der Waals surface area (Å²) in [5, 5.41) is 0. The SMILES string of the molecule is CCC(C)(C)CC1(C=O)CCCO1. The summed E-state index contributed by atoms with van der Waals surface area (Å²) in [6, 6.07) is 0. The van der Waals surface area contributed by atoms with E-state index in [2.05, 4.69) is 20.8 Å². The van der Waals surface area contributed by atoms with E-state index in [0.717, 1.165) is 38.6 Å². The lowest BCUT2D eigenvalue weighted by atomic mass is 9.78. The Morgan fingerprint density at radius 2 is 2.23 bits per heavy atom. The van der Waals surface area contributed by atoms with Gasteiger partial charge in [0, 0.05) is 6.61 Å². The third-order valence-corrected chi connectivity index (χ3v) is 3.08. The van der Waals surface area contributed by atoms with Crippen LogP contribution in [0, 0.1) is 5.41 Å². The molecule has 1 aliphatic rings. The van der Waals surface area contributed by atoms with Crippen LogP contribution in [0.4, 0.5) is 0 Å². The van der Waals surface area contributed by atoms with Gasteiger partial charge < -0.3 is 9.53 Å². The highest BCUT2D eigenvalue weighted by molar-refractivity contribution is 5.63. The van der Waals surface area contributed by atoms with Gasteiger partial charge in [-0.05, 0) is 24.7 Å². The van der Waals surface area contributed by atoms with Gasteiger partial charge in [-0.15, -0.1) is 0 Å². The summed E-state index contributed by atoms with van der Waals surface area (Å²) in [7, 11) is 0. The van der Waals surface area contributed by atoms with Gasteiger partial charge in [0.1, 0.15) is 5.60 Å². The second kappa shape index (κ2) is 3.79. The molecule has 0 aromatic rings. The molecule has 0 bridgehead atoms. The van der Waals surface area contributed by atoms with Gasteiger partial charge in [0.05, 0.1) is 0 Å². The first kappa shape index (κ1) is 10.7. The highest BCUT2D eigenvalue weighted by Gasteiger charge is 2.39. The van der Waals surface area contributed by atoms with E-state index in [1.165, 1.54) is 0 Å². The molecule has 1 atom stereocenters. The Bertz CT molecular complexity index is 179. The predicted molar refractivity (Wildman–Crippen MR) is 52.7 cm³/mol. The smallest absolute Gasteiger partial charge is 0.151 e. The van der Waals surface area contributed by atoms with E-state index < -0.39 is 5.60 Å². The Morgan fingerprint density at radius 3 is 2.62 bits per heavy atom. The fraction of sp³-hybridized carbons (Fsp3) is 0.909. The number of hydrogen-bond acceptors (Lipinski definition) is 2. The van der Waals surface area contributed by atoms with Gasteiger partial charge in [-0.1, -0.05) is 27.2 Å². The van der Waals surface area contributed by atoms with Gasteiger partial charge in [0.2, 0.25) is 0 Å². The second-order valence-electron chi connectivity index (χ2n) is 4.83. The van der Waals surface area contributed by atoms with Crippen molar-refractivity contribution in [3.05, 3.63) is 0 Å². The first-order valence-electron chi connectivity index (χ1n) is 5.14. The summed E-state index contributed by atoms with van der Waals surface area (Å²) in [5.74, 6) is 0. The van der Waals surface area contributed by atoms with Crippen molar-refractivity contribution in [2.75, 3.05) is 6.61 Å². The quantitative estimate of drug-likeness (QED) is 0.628. The van der Waals surface area contributed by atoms with Gasteiger partial charge >= 0.3 is 0 Å². The standard InChI is InChI=1S/C11H20O2/c1-4-10(2,3)8-11(9-12)6-5-7-13-11/h9H,4-8H2,1-3H3. The fourth-order valence-corrected chi connectivity index (χ4v) is 1.93. The average molecular weight is 184 g/mol. The van der Waals surface area contributed by atoms with Crippen molar-refractivity contribution in [2.45, 2.75) is 52.1 Å². The summed E-state index contributed by atoms with van der Waals surface area (Å²) in [6.45, 7) is 7.30. The van der Waals surface area contributed by atoms with E-state index in [1.807, 2.05) is 0 Å². The molecule has 13 heavy (non-hydrogen) atoms. The molecule has 0 aromatic carbocycles. The molecule has 0 amide bonds. The van der Waals surface area contributed by atoms with Crippen LogP contribution < -0.4 is 0 Å². The summed E-state index contributed by atoms with van der Waals surface area (Å²) in [4.78, 5) is 11.0. The van der Waals surface area contributed by atoms with E-state index in [-0.39, 0.29) is 5.41 Å². The Hall–Kier alpha value is -0.370. The van der Waals surface area contributed by atoms with Crippen LogP contribution in [0.25, 0.3) is 0 Å². The lowest BCUT2D eigenvalue weighted by Gasteiger charge is -2.32. The van der Waals surface area contributed by atoms with Crippen LogP contribution in [0.15, 0.2) is 0 Å². The van der Waals surface area contributed by atoms with E-state index in [9.17, 15) is 4.79 Å². The van der Waals surface area contributed by atoms with Crippen LogP contribution in [0.2, 0.25) is 0 Å². The van der Waals surface area contributed by atoms with E-state index in [4.69, 9.17) is 4.74 Å². The predicted octanol–water partition coefficient (Wildman–Crippen LogP) is 2.56. The maximum Gasteiger partial charge on any atom is 0.151 e. The van der Waals surface area contributed by atoms with Crippen molar-refractivity contribution in [1.82, 2.24) is 0 Å². The minimum Gasteiger partial charge on any atom is -0.367 e. The Balaban J connectivity index is 2.63. The van der Waals surface area contributed by atoms with E-state index >= 15 is 0 Å². The van der Waals surface area contributed by atoms with Gasteiger partial charge in [-0.25, -0.2) is 0 Å². The van der Waals surface area contributed by atoms with Gasteiger partial charge in [0.15, 0.2) is 6.29 Å². The zero-order valence-electron chi connectivity index (χ0n) is 8.93. The molecule has 1 rings (SSSR count). The van der Waals surface area contributed by atoms with Crippen LogP contribution in [0.5, 0.6) is 0 Å². The Morgan fingerprint density at radius 1 is 1.54 bits per heavy atom. The molecule has 0 spiro atoms. The van der Waals surface area contributed by atoms with E-state index in [1.54, 1.807) is 0 Å². The number of ether oxygens (including phenoxy) is 1. The van der Waals surface area contributed by atoms with Crippen molar-refractivity contribution >= 4 is 6.29 Å². The van der Waals surface area contributed by atoms with Crippen LogP contribution in [0.3, 0.4) is 0 Å². The number of carbonyl (C=O) groups excluding carboxylic acids is 1. The largest absolute Gasteiger partial charge is 0.367 e. The molecule has 1 fully saturated rings. The van der Waals surface area contributed by atoms with Crippen LogP contribution >= 0.6 is 0 Å². The zero-order valence-corrected chi connectivity index (χ0v) is 8.93. The van der Waals surface area contributed by atoms with Crippen LogP contribution in [0.1, 0.15) is 46.5 Å². The molecule has 0 radical (unpaired) electrons. The third kappa shape index (κ3) is 2.53. The summed E-state index contributed by atoms with van der Waals surface area (Å²) in [6.07, 6.45) is 4.89. The summed E-state index contributed by atoms with van der Waals surface area (Å²) >= 11 is 0. The summed E-state index contributed by atoms with van der Waals surface area (Å²) < 4.78 is 5.56. The molecule has 1 aliphatic heterocycles.